The Kier molecular flexibility index (Phi) is 6.74. The lowest BCUT2D eigenvalue weighted by atomic mass is 9.93. The molecule has 1 heterocycles. The normalized spacial score (nSPS) is 15.2. The SMILES string of the molecule is CCOC(=O)CC1(Cc2ccc(OCCCN=c3ccccn3O)cc2)CC1. The Morgan fingerprint density at radius 1 is 1.21 bits per heavy atom. The van der Waals surface area contributed by atoms with Gasteiger partial charge in [-0.2, -0.15) is 4.73 Å². The Balaban J connectivity index is 1.42. The first kappa shape index (κ1) is 20.0. The summed E-state index contributed by atoms with van der Waals surface area (Å²) < 4.78 is 11.9. The van der Waals surface area contributed by atoms with Crippen molar-refractivity contribution in [2.75, 3.05) is 19.8 Å². The molecule has 0 saturated heterocycles. The second kappa shape index (κ2) is 9.44. The lowest BCUT2D eigenvalue weighted by Gasteiger charge is -2.14. The van der Waals surface area contributed by atoms with Gasteiger partial charge in [-0.25, -0.2) is 0 Å². The Morgan fingerprint density at radius 3 is 2.68 bits per heavy atom. The van der Waals surface area contributed by atoms with Gasteiger partial charge in [-0.1, -0.05) is 18.2 Å². The summed E-state index contributed by atoms with van der Waals surface area (Å²) in [6.45, 7) is 3.43. The number of aromatic nitrogens is 1. The first-order valence-electron chi connectivity index (χ1n) is 9.85. The Morgan fingerprint density at radius 2 is 2.00 bits per heavy atom. The van der Waals surface area contributed by atoms with Crippen LogP contribution in [0.1, 0.15) is 38.2 Å². The van der Waals surface area contributed by atoms with E-state index >= 15 is 0 Å². The fourth-order valence-electron chi connectivity index (χ4n) is 3.25. The number of rotatable bonds is 10. The van der Waals surface area contributed by atoms with E-state index in [1.54, 1.807) is 18.3 Å². The highest BCUT2D eigenvalue weighted by atomic mass is 16.5. The highest BCUT2D eigenvalue weighted by molar-refractivity contribution is 5.70. The van der Waals surface area contributed by atoms with Gasteiger partial charge in [-0.05, 0) is 61.4 Å². The minimum Gasteiger partial charge on any atom is -0.494 e. The van der Waals surface area contributed by atoms with E-state index in [4.69, 9.17) is 9.47 Å². The third-order valence-corrected chi connectivity index (χ3v) is 4.95. The van der Waals surface area contributed by atoms with E-state index < -0.39 is 0 Å². The van der Waals surface area contributed by atoms with Crippen molar-refractivity contribution in [3.8, 4) is 5.75 Å². The molecule has 6 heteroatoms. The Hall–Kier alpha value is -2.76. The zero-order chi connectivity index (χ0) is 19.8. The van der Waals surface area contributed by atoms with E-state index in [0.717, 1.165) is 36.2 Å². The molecule has 0 aliphatic heterocycles. The maximum absolute atomic E-state index is 11.8. The molecule has 1 fully saturated rings. The minimum absolute atomic E-state index is 0.0902. The van der Waals surface area contributed by atoms with Crippen molar-refractivity contribution in [2.45, 2.75) is 39.0 Å². The molecule has 150 valence electrons. The quantitative estimate of drug-likeness (QED) is 0.387. The number of esters is 1. The van der Waals surface area contributed by atoms with Crippen LogP contribution in [0.25, 0.3) is 0 Å². The zero-order valence-electron chi connectivity index (χ0n) is 16.3. The van der Waals surface area contributed by atoms with Crippen LogP contribution in [0.4, 0.5) is 0 Å². The summed E-state index contributed by atoms with van der Waals surface area (Å²) in [6, 6.07) is 13.4. The second-order valence-electron chi connectivity index (χ2n) is 7.29. The van der Waals surface area contributed by atoms with Gasteiger partial charge in [0.15, 0.2) is 5.49 Å². The van der Waals surface area contributed by atoms with Crippen LogP contribution in [0.5, 0.6) is 5.75 Å². The summed E-state index contributed by atoms with van der Waals surface area (Å²) in [4.78, 5) is 16.1. The fourth-order valence-corrected chi connectivity index (χ4v) is 3.25. The number of hydrogen-bond acceptors (Lipinski definition) is 5. The van der Waals surface area contributed by atoms with Gasteiger partial charge >= 0.3 is 5.97 Å². The average Bonchev–Trinajstić information content (AvgIpc) is 3.43. The van der Waals surface area contributed by atoms with Crippen molar-refractivity contribution in [1.82, 2.24) is 4.73 Å². The monoisotopic (exact) mass is 384 g/mol. The minimum atomic E-state index is -0.0902. The third kappa shape index (κ3) is 5.87. The summed E-state index contributed by atoms with van der Waals surface area (Å²) in [5.74, 6) is 0.739. The number of hydrogen-bond donors (Lipinski definition) is 1. The standard InChI is InChI=1S/C22H28N2O4/c1-2-27-21(25)17-22(11-12-22)16-18-7-9-19(10-8-18)28-15-5-13-23-20-6-3-4-14-24(20)26/h3-4,6-10,14,26H,2,5,11-13,15-17H2,1H3. The molecule has 1 aromatic heterocycles. The van der Waals surface area contributed by atoms with Crippen molar-refractivity contribution >= 4 is 5.97 Å². The topological polar surface area (TPSA) is 73.0 Å². The van der Waals surface area contributed by atoms with Crippen molar-refractivity contribution in [3.05, 3.63) is 59.7 Å². The van der Waals surface area contributed by atoms with Gasteiger partial charge < -0.3 is 14.7 Å². The molecule has 0 spiro atoms. The van der Waals surface area contributed by atoms with Crippen molar-refractivity contribution < 1.29 is 19.5 Å². The second-order valence-corrected chi connectivity index (χ2v) is 7.29. The summed E-state index contributed by atoms with van der Waals surface area (Å²) in [5.41, 5.74) is 1.85. The van der Waals surface area contributed by atoms with E-state index in [1.165, 1.54) is 5.56 Å². The molecule has 1 aliphatic rings. The van der Waals surface area contributed by atoms with Crippen LogP contribution in [0.3, 0.4) is 0 Å². The summed E-state index contributed by atoms with van der Waals surface area (Å²) in [7, 11) is 0. The molecule has 0 atom stereocenters. The highest BCUT2D eigenvalue weighted by Crippen LogP contribution is 2.51. The lowest BCUT2D eigenvalue weighted by molar-refractivity contribution is -0.144. The Labute approximate surface area is 165 Å². The summed E-state index contributed by atoms with van der Waals surface area (Å²) in [5, 5.41) is 9.60. The number of ether oxygens (including phenoxy) is 2. The third-order valence-electron chi connectivity index (χ3n) is 4.95. The molecule has 0 radical (unpaired) electrons. The molecule has 0 amide bonds. The van der Waals surface area contributed by atoms with E-state index in [-0.39, 0.29) is 11.4 Å². The smallest absolute Gasteiger partial charge is 0.306 e. The molecule has 3 rings (SSSR count). The molecule has 1 N–H and O–H groups in total. The average molecular weight is 384 g/mol. The van der Waals surface area contributed by atoms with Gasteiger partial charge in [0.05, 0.1) is 19.6 Å². The van der Waals surface area contributed by atoms with Gasteiger partial charge in [-0.15, -0.1) is 0 Å². The first-order chi connectivity index (χ1) is 13.6. The molecule has 1 aromatic carbocycles. The molecule has 0 unspecified atom stereocenters. The first-order valence-corrected chi connectivity index (χ1v) is 9.85. The largest absolute Gasteiger partial charge is 0.494 e. The van der Waals surface area contributed by atoms with E-state index in [0.29, 0.717) is 31.7 Å². The maximum atomic E-state index is 11.8. The fraction of sp³-hybridized carbons (Fsp3) is 0.455. The maximum Gasteiger partial charge on any atom is 0.306 e. The van der Waals surface area contributed by atoms with Crippen LogP contribution >= 0.6 is 0 Å². The van der Waals surface area contributed by atoms with Crippen LogP contribution in [-0.4, -0.2) is 35.7 Å². The van der Waals surface area contributed by atoms with Crippen LogP contribution in [0.2, 0.25) is 0 Å². The van der Waals surface area contributed by atoms with Gasteiger partial charge in [0.1, 0.15) is 5.75 Å². The van der Waals surface area contributed by atoms with E-state index in [9.17, 15) is 10.0 Å². The van der Waals surface area contributed by atoms with Gasteiger partial charge in [-0.3, -0.25) is 9.79 Å². The van der Waals surface area contributed by atoms with Crippen LogP contribution < -0.4 is 10.2 Å². The number of carbonyl (C=O) groups is 1. The number of nitrogens with zero attached hydrogens (tertiary/aromatic N) is 2. The lowest BCUT2D eigenvalue weighted by Crippen LogP contribution is -2.17. The van der Waals surface area contributed by atoms with E-state index in [2.05, 4.69) is 17.1 Å². The molecule has 1 aliphatic carbocycles. The van der Waals surface area contributed by atoms with Crippen LogP contribution in [0.15, 0.2) is 53.7 Å². The molecule has 2 aromatic rings. The van der Waals surface area contributed by atoms with Crippen molar-refractivity contribution in [2.24, 2.45) is 10.4 Å². The van der Waals surface area contributed by atoms with Crippen molar-refractivity contribution in [1.29, 1.82) is 0 Å². The number of carbonyl (C=O) groups excluding carboxylic acids is 1. The molecule has 28 heavy (non-hydrogen) atoms. The predicted molar refractivity (Wildman–Crippen MR) is 105 cm³/mol. The summed E-state index contributed by atoms with van der Waals surface area (Å²) >= 11 is 0. The van der Waals surface area contributed by atoms with E-state index in [1.807, 2.05) is 25.1 Å². The molecule has 1 saturated carbocycles. The van der Waals surface area contributed by atoms with Crippen LogP contribution in [0, 0.1) is 5.41 Å². The van der Waals surface area contributed by atoms with Gasteiger partial charge in [0.2, 0.25) is 0 Å². The van der Waals surface area contributed by atoms with Crippen molar-refractivity contribution in [3.63, 3.8) is 0 Å². The number of pyridine rings is 1. The zero-order valence-corrected chi connectivity index (χ0v) is 16.3. The molecule has 6 nitrogen and oxygen atoms in total. The molecule has 0 bridgehead atoms. The molecular formula is C22H28N2O4. The highest BCUT2D eigenvalue weighted by Gasteiger charge is 2.44. The van der Waals surface area contributed by atoms with Gasteiger partial charge in [0, 0.05) is 19.2 Å². The molecular weight excluding hydrogens is 356 g/mol. The Bertz CT molecular complexity index is 838. The number of benzene rings is 1. The van der Waals surface area contributed by atoms with Crippen LogP contribution in [-0.2, 0) is 16.0 Å². The van der Waals surface area contributed by atoms with Gasteiger partial charge in [0.25, 0.3) is 0 Å². The summed E-state index contributed by atoms with van der Waals surface area (Å²) in [6.07, 6.45) is 5.90. The predicted octanol–water partition coefficient (Wildman–Crippen LogP) is 3.37.